The van der Waals surface area contributed by atoms with E-state index < -0.39 is 18.0 Å². The molecule has 1 heterocycles. The van der Waals surface area contributed by atoms with Crippen molar-refractivity contribution < 1.29 is 14.3 Å². The summed E-state index contributed by atoms with van der Waals surface area (Å²) in [6, 6.07) is 8.53. The van der Waals surface area contributed by atoms with Crippen molar-refractivity contribution in [3.63, 3.8) is 0 Å². The van der Waals surface area contributed by atoms with Gasteiger partial charge in [0, 0.05) is 4.91 Å². The van der Waals surface area contributed by atoms with Crippen molar-refractivity contribution in [1.82, 2.24) is 4.90 Å². The SMILES string of the molecule is [N-]=[N+]=N[C@H](C(=O)N1C(=O)OC[C@@H]1Cc1ccccc1)C1C[C@@H]2C[C@@H]2C1. The third-order valence-corrected chi connectivity index (χ3v) is 5.67. The Hall–Kier alpha value is -2.53. The maximum atomic E-state index is 13.0. The number of rotatable bonds is 5. The van der Waals surface area contributed by atoms with Gasteiger partial charge < -0.3 is 4.74 Å². The lowest BCUT2D eigenvalue weighted by molar-refractivity contribution is -0.131. The number of carbonyl (C=O) groups is 2. The van der Waals surface area contributed by atoms with Crippen LogP contribution in [0.15, 0.2) is 35.4 Å². The smallest absolute Gasteiger partial charge is 0.416 e. The minimum atomic E-state index is -0.804. The zero-order valence-corrected chi connectivity index (χ0v) is 13.8. The molecule has 1 saturated heterocycles. The molecule has 0 N–H and O–H groups in total. The van der Waals surface area contributed by atoms with Crippen LogP contribution in [0.3, 0.4) is 0 Å². The second-order valence-corrected chi connectivity index (χ2v) is 7.27. The standard InChI is InChI=1S/C18H20N4O3/c19-21-20-16(14-8-12-7-13(12)9-14)17(23)22-15(10-25-18(22)24)6-11-4-2-1-3-5-11/h1-5,12-16H,6-10H2/t12-,13+,14?,15-,16-/m0/s1. The van der Waals surface area contributed by atoms with Crippen LogP contribution in [-0.2, 0) is 16.0 Å². The molecule has 25 heavy (non-hydrogen) atoms. The Morgan fingerprint density at radius 1 is 1.28 bits per heavy atom. The fraction of sp³-hybridized carbons (Fsp3) is 0.556. The highest BCUT2D eigenvalue weighted by Crippen LogP contribution is 2.55. The van der Waals surface area contributed by atoms with Crippen LogP contribution in [0.4, 0.5) is 4.79 Å². The Morgan fingerprint density at radius 2 is 2.00 bits per heavy atom. The van der Waals surface area contributed by atoms with E-state index in [4.69, 9.17) is 10.3 Å². The quantitative estimate of drug-likeness (QED) is 0.467. The minimum Gasteiger partial charge on any atom is -0.447 e. The van der Waals surface area contributed by atoms with Gasteiger partial charge in [-0.25, -0.2) is 9.69 Å². The molecule has 2 amide bonds. The summed E-state index contributed by atoms with van der Waals surface area (Å²) in [5.41, 5.74) is 9.94. The van der Waals surface area contributed by atoms with Crippen molar-refractivity contribution in [2.75, 3.05) is 6.61 Å². The molecule has 130 valence electrons. The fourth-order valence-corrected chi connectivity index (χ4v) is 4.33. The number of hydrogen-bond donors (Lipinski definition) is 0. The zero-order chi connectivity index (χ0) is 17.4. The molecule has 0 aromatic heterocycles. The molecule has 0 spiro atoms. The topological polar surface area (TPSA) is 95.4 Å². The van der Waals surface area contributed by atoms with Crippen LogP contribution in [-0.4, -0.2) is 35.6 Å². The third kappa shape index (κ3) is 3.07. The Kier molecular flexibility index (Phi) is 4.09. The van der Waals surface area contributed by atoms with Crippen molar-refractivity contribution in [3.8, 4) is 0 Å². The number of benzene rings is 1. The van der Waals surface area contributed by atoms with E-state index in [9.17, 15) is 9.59 Å². The highest BCUT2D eigenvalue weighted by atomic mass is 16.6. The molecular weight excluding hydrogens is 320 g/mol. The molecule has 4 rings (SSSR count). The molecule has 5 atom stereocenters. The van der Waals surface area contributed by atoms with Crippen LogP contribution in [0, 0.1) is 17.8 Å². The molecule has 3 fully saturated rings. The van der Waals surface area contributed by atoms with E-state index in [1.54, 1.807) is 0 Å². The zero-order valence-electron chi connectivity index (χ0n) is 13.8. The van der Waals surface area contributed by atoms with Crippen LogP contribution in [0.5, 0.6) is 0 Å². The number of azide groups is 1. The number of carbonyl (C=O) groups excluding carboxylic acids is 2. The number of imide groups is 1. The van der Waals surface area contributed by atoms with Crippen molar-refractivity contribution in [3.05, 3.63) is 46.3 Å². The molecule has 0 bridgehead atoms. The van der Waals surface area contributed by atoms with Gasteiger partial charge in [0.1, 0.15) is 12.6 Å². The molecule has 1 aliphatic heterocycles. The first-order chi connectivity index (χ1) is 12.2. The van der Waals surface area contributed by atoms with Gasteiger partial charge in [-0.05, 0) is 54.5 Å². The second kappa shape index (κ2) is 6.41. The molecule has 1 aromatic carbocycles. The Bertz CT molecular complexity index is 721. The van der Waals surface area contributed by atoms with Crippen LogP contribution < -0.4 is 0 Å². The molecular formula is C18H20N4O3. The predicted octanol–water partition coefficient (Wildman–Crippen LogP) is 3.30. The molecule has 7 nitrogen and oxygen atoms in total. The first-order valence-electron chi connectivity index (χ1n) is 8.75. The Morgan fingerprint density at radius 3 is 2.68 bits per heavy atom. The van der Waals surface area contributed by atoms with Crippen molar-refractivity contribution >= 4 is 12.0 Å². The van der Waals surface area contributed by atoms with Gasteiger partial charge in [-0.15, -0.1) is 0 Å². The van der Waals surface area contributed by atoms with E-state index in [2.05, 4.69) is 10.0 Å². The van der Waals surface area contributed by atoms with E-state index in [0.29, 0.717) is 18.3 Å². The third-order valence-electron chi connectivity index (χ3n) is 5.67. The van der Waals surface area contributed by atoms with Gasteiger partial charge in [0.25, 0.3) is 0 Å². The van der Waals surface area contributed by atoms with E-state index in [0.717, 1.165) is 18.4 Å². The molecule has 1 aromatic rings. The van der Waals surface area contributed by atoms with Crippen molar-refractivity contribution in [2.24, 2.45) is 22.9 Å². The number of nitrogens with zero attached hydrogens (tertiary/aromatic N) is 4. The van der Waals surface area contributed by atoms with Gasteiger partial charge >= 0.3 is 6.09 Å². The van der Waals surface area contributed by atoms with E-state index in [-0.39, 0.29) is 18.6 Å². The van der Waals surface area contributed by atoms with Crippen LogP contribution >= 0.6 is 0 Å². The summed E-state index contributed by atoms with van der Waals surface area (Å²) < 4.78 is 5.12. The van der Waals surface area contributed by atoms with Gasteiger partial charge in [0.15, 0.2) is 0 Å². The molecule has 1 unspecified atom stereocenters. The monoisotopic (exact) mass is 340 g/mol. The number of hydrogen-bond acceptors (Lipinski definition) is 4. The lowest BCUT2D eigenvalue weighted by Gasteiger charge is -2.26. The molecule has 3 aliphatic rings. The van der Waals surface area contributed by atoms with Gasteiger partial charge in [-0.2, -0.15) is 0 Å². The normalized spacial score (nSPS) is 31.0. The molecule has 0 radical (unpaired) electrons. The first kappa shape index (κ1) is 16.0. The lowest BCUT2D eigenvalue weighted by atomic mass is 9.93. The van der Waals surface area contributed by atoms with Crippen molar-refractivity contribution in [2.45, 2.75) is 37.8 Å². The maximum absolute atomic E-state index is 13.0. The van der Waals surface area contributed by atoms with E-state index in [1.165, 1.54) is 11.3 Å². The Labute approximate surface area is 145 Å². The number of cyclic esters (lactones) is 1. The summed E-state index contributed by atoms with van der Waals surface area (Å²) >= 11 is 0. The number of amides is 2. The van der Waals surface area contributed by atoms with Crippen LogP contribution in [0.1, 0.15) is 24.8 Å². The highest BCUT2D eigenvalue weighted by Gasteiger charge is 2.51. The fourth-order valence-electron chi connectivity index (χ4n) is 4.33. The van der Waals surface area contributed by atoms with E-state index in [1.807, 2.05) is 30.3 Å². The summed E-state index contributed by atoms with van der Waals surface area (Å²) in [4.78, 5) is 29.2. The molecule has 2 saturated carbocycles. The minimum absolute atomic E-state index is 0.0397. The molecule has 7 heteroatoms. The predicted molar refractivity (Wildman–Crippen MR) is 89.4 cm³/mol. The Balaban J connectivity index is 1.52. The van der Waals surface area contributed by atoms with Crippen molar-refractivity contribution in [1.29, 1.82) is 0 Å². The summed E-state index contributed by atoms with van der Waals surface area (Å²) in [6.45, 7) is 0.179. The number of ether oxygens (including phenoxy) is 1. The van der Waals surface area contributed by atoms with Gasteiger partial charge in [0.05, 0.1) is 6.04 Å². The van der Waals surface area contributed by atoms with Gasteiger partial charge in [0.2, 0.25) is 5.91 Å². The van der Waals surface area contributed by atoms with E-state index >= 15 is 0 Å². The summed E-state index contributed by atoms with van der Waals surface area (Å²) in [7, 11) is 0. The van der Waals surface area contributed by atoms with Gasteiger partial charge in [-0.3, -0.25) is 4.79 Å². The summed E-state index contributed by atoms with van der Waals surface area (Å²) in [5.74, 6) is 0.963. The largest absolute Gasteiger partial charge is 0.447 e. The van der Waals surface area contributed by atoms with Crippen LogP contribution in [0.25, 0.3) is 10.4 Å². The lowest BCUT2D eigenvalue weighted by Crippen LogP contribution is -2.47. The maximum Gasteiger partial charge on any atom is 0.416 e. The average molecular weight is 340 g/mol. The summed E-state index contributed by atoms with van der Waals surface area (Å²) in [6.07, 6.45) is 2.94. The first-order valence-corrected chi connectivity index (χ1v) is 8.75. The van der Waals surface area contributed by atoms with Gasteiger partial charge in [-0.1, -0.05) is 35.4 Å². The molecule has 2 aliphatic carbocycles. The van der Waals surface area contributed by atoms with Crippen LogP contribution in [0.2, 0.25) is 0 Å². The average Bonchev–Trinajstić information content (AvgIpc) is 3.06. The number of fused-ring (bicyclic) bond motifs is 1. The second-order valence-electron chi connectivity index (χ2n) is 7.27. The summed E-state index contributed by atoms with van der Waals surface area (Å²) in [5, 5.41) is 3.76. The highest BCUT2D eigenvalue weighted by molar-refractivity contribution is 5.96.